The molecule has 0 aromatic heterocycles. The maximum absolute atomic E-state index is 5.75. The molecule has 0 saturated heterocycles. The van der Waals surface area contributed by atoms with Crippen molar-refractivity contribution in [2.45, 2.75) is 16.7 Å². The molecule has 13 heavy (non-hydrogen) atoms. The summed E-state index contributed by atoms with van der Waals surface area (Å²) in [5.41, 5.74) is 13.3. The van der Waals surface area contributed by atoms with E-state index in [1.54, 1.807) is 0 Å². The molecule has 0 saturated carbocycles. The second-order valence-corrected chi connectivity index (χ2v) is 3.58. The van der Waals surface area contributed by atoms with Gasteiger partial charge in [0.15, 0.2) is 5.75 Å². The summed E-state index contributed by atoms with van der Waals surface area (Å²) in [6.45, 7) is 1.86. The smallest absolute Gasteiger partial charge is 0.166 e. The molecule has 72 valence electrons. The zero-order valence-corrected chi connectivity index (χ0v) is 9.25. The third-order valence-corrected chi connectivity index (χ3v) is 3.07. The van der Waals surface area contributed by atoms with Gasteiger partial charge in [-0.25, -0.2) is 0 Å². The highest BCUT2D eigenvalue weighted by Gasteiger charge is 2.14. The number of ether oxygens (including phenoxy) is 1. The predicted molar refractivity (Wildman–Crippen MR) is 61.1 cm³/mol. The number of hydrogen-bond acceptors (Lipinski definition) is 5. The Morgan fingerprint density at radius 3 is 1.77 bits per heavy atom. The Balaban J connectivity index is 3.56. The van der Waals surface area contributed by atoms with Crippen molar-refractivity contribution in [3.8, 4) is 5.75 Å². The van der Waals surface area contributed by atoms with Gasteiger partial charge in [-0.1, -0.05) is 0 Å². The van der Waals surface area contributed by atoms with Crippen molar-refractivity contribution in [1.82, 2.24) is 0 Å². The minimum absolute atomic E-state index is 0.445. The van der Waals surface area contributed by atoms with Crippen molar-refractivity contribution >= 4 is 36.6 Å². The molecule has 1 rings (SSSR count). The van der Waals surface area contributed by atoms with Crippen LogP contribution in [0.2, 0.25) is 0 Å². The van der Waals surface area contributed by atoms with Gasteiger partial charge in [0, 0.05) is 9.79 Å². The van der Waals surface area contributed by atoms with Crippen LogP contribution in [0.15, 0.2) is 9.79 Å². The van der Waals surface area contributed by atoms with Gasteiger partial charge in [-0.3, -0.25) is 0 Å². The first kappa shape index (κ1) is 10.4. The van der Waals surface area contributed by atoms with E-state index < -0.39 is 0 Å². The lowest BCUT2D eigenvalue weighted by Crippen LogP contribution is -2.02. The quantitative estimate of drug-likeness (QED) is 0.427. The van der Waals surface area contributed by atoms with Crippen LogP contribution in [0, 0.1) is 6.92 Å². The first-order valence-corrected chi connectivity index (χ1v) is 4.53. The van der Waals surface area contributed by atoms with Gasteiger partial charge in [0.1, 0.15) is 0 Å². The summed E-state index contributed by atoms with van der Waals surface area (Å²) in [5, 5.41) is 0. The molecule has 0 radical (unpaired) electrons. The van der Waals surface area contributed by atoms with Crippen molar-refractivity contribution < 1.29 is 4.74 Å². The van der Waals surface area contributed by atoms with Crippen LogP contribution in [0.25, 0.3) is 0 Å². The zero-order valence-electron chi connectivity index (χ0n) is 7.46. The molecule has 0 fully saturated rings. The molecule has 1 aromatic rings. The standard InChI is InChI=1S/C8H12N2OS2/c1-3-7(12)4(9)6(11-2)5(10)8(3)13/h12-13H,9-10H2,1-2H3. The van der Waals surface area contributed by atoms with Crippen molar-refractivity contribution in [2.24, 2.45) is 0 Å². The van der Waals surface area contributed by atoms with Crippen LogP contribution in [0.1, 0.15) is 5.56 Å². The second-order valence-electron chi connectivity index (χ2n) is 2.68. The average Bonchev–Trinajstić information content (AvgIpc) is 2.13. The van der Waals surface area contributed by atoms with Crippen molar-refractivity contribution in [3.63, 3.8) is 0 Å². The Kier molecular flexibility index (Phi) is 2.87. The van der Waals surface area contributed by atoms with Crippen LogP contribution in [0.3, 0.4) is 0 Å². The highest BCUT2D eigenvalue weighted by atomic mass is 32.1. The van der Waals surface area contributed by atoms with Gasteiger partial charge < -0.3 is 16.2 Å². The largest absolute Gasteiger partial charge is 0.492 e. The lowest BCUT2D eigenvalue weighted by molar-refractivity contribution is 0.417. The van der Waals surface area contributed by atoms with E-state index in [0.717, 1.165) is 5.56 Å². The SMILES string of the molecule is COc1c(N)c(S)c(C)c(S)c1N. The Labute approximate surface area is 88.3 Å². The Hall–Kier alpha value is -0.680. The normalized spacial score (nSPS) is 10.2. The van der Waals surface area contributed by atoms with Crippen LogP contribution >= 0.6 is 25.3 Å². The van der Waals surface area contributed by atoms with E-state index in [-0.39, 0.29) is 0 Å². The molecule has 3 nitrogen and oxygen atoms in total. The molecule has 0 aliphatic carbocycles. The van der Waals surface area contributed by atoms with Gasteiger partial charge in [-0.15, -0.1) is 25.3 Å². The van der Waals surface area contributed by atoms with E-state index in [0.29, 0.717) is 26.9 Å². The number of nitrogens with two attached hydrogens (primary N) is 2. The highest BCUT2D eigenvalue weighted by molar-refractivity contribution is 7.81. The predicted octanol–water partition coefficient (Wildman–Crippen LogP) is 1.75. The number of rotatable bonds is 1. The van der Waals surface area contributed by atoms with E-state index in [1.807, 2.05) is 6.92 Å². The van der Waals surface area contributed by atoms with Crippen LogP contribution in [-0.2, 0) is 0 Å². The Morgan fingerprint density at radius 1 is 1.08 bits per heavy atom. The third kappa shape index (κ3) is 1.53. The lowest BCUT2D eigenvalue weighted by atomic mass is 10.1. The number of anilines is 2. The molecular formula is C8H12N2OS2. The number of hydrogen-bond donors (Lipinski definition) is 4. The molecule has 1 aromatic carbocycles. The van der Waals surface area contributed by atoms with E-state index in [2.05, 4.69) is 25.3 Å². The number of nitrogen functional groups attached to an aromatic ring is 2. The summed E-state index contributed by atoms with van der Waals surface area (Å²) in [4.78, 5) is 1.33. The number of methoxy groups -OCH3 is 1. The van der Waals surface area contributed by atoms with E-state index in [4.69, 9.17) is 16.2 Å². The summed E-state index contributed by atoms with van der Waals surface area (Å²) in [7, 11) is 1.51. The van der Waals surface area contributed by atoms with Gasteiger partial charge in [0.2, 0.25) is 0 Å². The first-order valence-electron chi connectivity index (χ1n) is 3.64. The van der Waals surface area contributed by atoms with E-state index in [9.17, 15) is 0 Å². The molecule has 0 heterocycles. The van der Waals surface area contributed by atoms with Crippen LogP contribution < -0.4 is 16.2 Å². The van der Waals surface area contributed by atoms with Crippen LogP contribution in [0.5, 0.6) is 5.75 Å². The van der Waals surface area contributed by atoms with Crippen LogP contribution in [-0.4, -0.2) is 7.11 Å². The monoisotopic (exact) mass is 216 g/mol. The molecule has 0 unspecified atom stereocenters. The fourth-order valence-corrected chi connectivity index (χ4v) is 1.61. The number of thiol groups is 2. The minimum Gasteiger partial charge on any atom is -0.492 e. The van der Waals surface area contributed by atoms with Gasteiger partial charge in [-0.2, -0.15) is 0 Å². The number of benzene rings is 1. The van der Waals surface area contributed by atoms with Gasteiger partial charge >= 0.3 is 0 Å². The van der Waals surface area contributed by atoms with Gasteiger partial charge in [0.25, 0.3) is 0 Å². The minimum atomic E-state index is 0.445. The molecule has 4 N–H and O–H groups in total. The summed E-state index contributed by atoms with van der Waals surface area (Å²) in [6, 6.07) is 0. The topological polar surface area (TPSA) is 61.3 Å². The van der Waals surface area contributed by atoms with Crippen molar-refractivity contribution in [2.75, 3.05) is 18.6 Å². The van der Waals surface area contributed by atoms with Crippen molar-refractivity contribution in [3.05, 3.63) is 5.56 Å². The van der Waals surface area contributed by atoms with Gasteiger partial charge in [0.05, 0.1) is 18.5 Å². The molecule has 0 atom stereocenters. The summed E-state index contributed by atoms with van der Waals surface area (Å²) >= 11 is 8.48. The molecule has 0 spiro atoms. The molecule has 0 bridgehead atoms. The Morgan fingerprint density at radius 2 is 1.46 bits per heavy atom. The molecule has 5 heteroatoms. The summed E-state index contributed by atoms with van der Waals surface area (Å²) in [5.74, 6) is 0.445. The summed E-state index contributed by atoms with van der Waals surface area (Å²) in [6.07, 6.45) is 0. The van der Waals surface area contributed by atoms with Crippen molar-refractivity contribution in [1.29, 1.82) is 0 Å². The first-order chi connectivity index (χ1) is 6.00. The van der Waals surface area contributed by atoms with E-state index in [1.165, 1.54) is 7.11 Å². The zero-order chi connectivity index (χ0) is 10.2. The van der Waals surface area contributed by atoms with Gasteiger partial charge in [-0.05, 0) is 12.5 Å². The lowest BCUT2D eigenvalue weighted by Gasteiger charge is -2.14. The molecule has 0 aliphatic heterocycles. The maximum atomic E-state index is 5.75. The summed E-state index contributed by atoms with van der Waals surface area (Å²) < 4.78 is 5.04. The second kappa shape index (κ2) is 3.59. The molecular weight excluding hydrogens is 204 g/mol. The third-order valence-electron chi connectivity index (χ3n) is 1.91. The van der Waals surface area contributed by atoms with Crippen LogP contribution in [0.4, 0.5) is 11.4 Å². The highest BCUT2D eigenvalue weighted by Crippen LogP contribution is 2.41. The Bertz CT molecular complexity index is 323. The molecule has 0 aliphatic rings. The average molecular weight is 216 g/mol. The fraction of sp³-hybridized carbons (Fsp3) is 0.250. The maximum Gasteiger partial charge on any atom is 0.166 e. The molecule has 0 amide bonds. The van der Waals surface area contributed by atoms with E-state index >= 15 is 0 Å². The fourth-order valence-electron chi connectivity index (χ4n) is 1.10.